The topological polar surface area (TPSA) is 46.5 Å². The van der Waals surface area contributed by atoms with Gasteiger partial charge in [0.1, 0.15) is 0 Å². The highest BCUT2D eigenvalue weighted by molar-refractivity contribution is 5.99. The minimum Gasteiger partial charge on any atom is -0.504 e. The summed E-state index contributed by atoms with van der Waals surface area (Å²) in [5.74, 6) is 0.601. The fourth-order valence-corrected chi connectivity index (χ4v) is 1.81. The third-order valence-electron chi connectivity index (χ3n) is 2.56. The van der Waals surface area contributed by atoms with E-state index in [1.807, 2.05) is 0 Å². The van der Waals surface area contributed by atoms with Crippen LogP contribution in [0.3, 0.4) is 0 Å². The number of Topliss-reactive ketones (excluding diaryl/α,β-unsaturated/α-hetero) is 1. The van der Waals surface area contributed by atoms with Crippen molar-refractivity contribution >= 4 is 5.78 Å². The maximum atomic E-state index is 11.5. The number of ether oxygens (including phenoxy) is 1. The summed E-state index contributed by atoms with van der Waals surface area (Å²) in [7, 11) is 1.51. The van der Waals surface area contributed by atoms with Gasteiger partial charge in [0.2, 0.25) is 0 Å². The predicted molar refractivity (Wildman–Crippen MR) is 51.9 cm³/mol. The molecule has 3 nitrogen and oxygen atoms in total. The summed E-state index contributed by atoms with van der Waals surface area (Å²) in [4.78, 5) is 11.5. The minimum absolute atomic E-state index is 0.0431. The van der Waals surface area contributed by atoms with E-state index in [1.54, 1.807) is 6.07 Å². The highest BCUT2D eigenvalue weighted by Gasteiger charge is 2.19. The summed E-state index contributed by atoms with van der Waals surface area (Å²) in [6.45, 7) is 0. The molecule has 0 aromatic heterocycles. The number of benzene rings is 1. The van der Waals surface area contributed by atoms with E-state index in [2.05, 4.69) is 0 Å². The molecule has 74 valence electrons. The lowest BCUT2D eigenvalue weighted by molar-refractivity contribution is 0.0972. The van der Waals surface area contributed by atoms with Gasteiger partial charge in [0.05, 0.1) is 7.11 Å². The number of methoxy groups -OCH3 is 1. The first-order valence-electron chi connectivity index (χ1n) is 4.65. The second kappa shape index (κ2) is 3.33. The number of hydrogen-bond donors (Lipinski definition) is 1. The monoisotopic (exact) mass is 192 g/mol. The predicted octanol–water partition coefficient (Wildman–Crippen LogP) is 1.92. The Morgan fingerprint density at radius 3 is 2.86 bits per heavy atom. The van der Waals surface area contributed by atoms with Crippen LogP contribution in [0.4, 0.5) is 0 Å². The second-order valence-corrected chi connectivity index (χ2v) is 3.46. The van der Waals surface area contributed by atoms with Gasteiger partial charge < -0.3 is 9.84 Å². The first-order valence-corrected chi connectivity index (χ1v) is 4.65. The standard InChI is InChI=1S/C11H12O3/c1-14-11-5-7-3-2-4-9(12)8(7)6-10(11)13/h5-6,13H,2-4H2,1H3. The zero-order valence-corrected chi connectivity index (χ0v) is 8.04. The van der Waals surface area contributed by atoms with Crippen molar-refractivity contribution in [2.24, 2.45) is 0 Å². The van der Waals surface area contributed by atoms with Crippen LogP contribution in [0.15, 0.2) is 12.1 Å². The van der Waals surface area contributed by atoms with Gasteiger partial charge in [-0.05, 0) is 30.5 Å². The summed E-state index contributed by atoms with van der Waals surface area (Å²) in [6.07, 6.45) is 2.36. The molecule has 3 heteroatoms. The fraction of sp³-hybridized carbons (Fsp3) is 0.364. The number of phenolic OH excluding ortho intramolecular Hbond substituents is 1. The van der Waals surface area contributed by atoms with E-state index < -0.39 is 0 Å². The van der Waals surface area contributed by atoms with E-state index in [0.29, 0.717) is 17.7 Å². The van der Waals surface area contributed by atoms with Gasteiger partial charge in [-0.25, -0.2) is 0 Å². The Labute approximate surface area is 82.3 Å². The summed E-state index contributed by atoms with van der Waals surface area (Å²) in [5.41, 5.74) is 1.63. The van der Waals surface area contributed by atoms with Crippen LogP contribution >= 0.6 is 0 Å². The summed E-state index contributed by atoms with van der Waals surface area (Å²) < 4.78 is 4.98. The van der Waals surface area contributed by atoms with E-state index in [-0.39, 0.29) is 11.5 Å². The number of hydrogen-bond acceptors (Lipinski definition) is 3. The molecular formula is C11H12O3. The summed E-state index contributed by atoms with van der Waals surface area (Å²) >= 11 is 0. The van der Waals surface area contributed by atoms with Gasteiger partial charge in [0.25, 0.3) is 0 Å². The van der Waals surface area contributed by atoms with Crippen LogP contribution < -0.4 is 4.74 Å². The van der Waals surface area contributed by atoms with Crippen LogP contribution in [-0.2, 0) is 6.42 Å². The number of fused-ring (bicyclic) bond motifs is 1. The Bertz CT molecular complexity index is 382. The maximum Gasteiger partial charge on any atom is 0.163 e. The van der Waals surface area contributed by atoms with Crippen LogP contribution in [0.2, 0.25) is 0 Å². The lowest BCUT2D eigenvalue weighted by atomic mass is 9.90. The molecule has 0 heterocycles. The third kappa shape index (κ3) is 1.35. The fourth-order valence-electron chi connectivity index (χ4n) is 1.81. The van der Waals surface area contributed by atoms with Gasteiger partial charge in [-0.3, -0.25) is 4.79 Å². The number of rotatable bonds is 1. The smallest absolute Gasteiger partial charge is 0.163 e. The molecular weight excluding hydrogens is 180 g/mol. The van der Waals surface area contributed by atoms with E-state index in [9.17, 15) is 9.90 Å². The minimum atomic E-state index is 0.0431. The van der Waals surface area contributed by atoms with E-state index in [4.69, 9.17) is 4.74 Å². The van der Waals surface area contributed by atoms with E-state index >= 15 is 0 Å². The van der Waals surface area contributed by atoms with Gasteiger partial charge >= 0.3 is 0 Å². The summed E-state index contributed by atoms with van der Waals surface area (Å²) in [5, 5.41) is 9.51. The van der Waals surface area contributed by atoms with Crippen molar-refractivity contribution < 1.29 is 14.6 Å². The first kappa shape index (κ1) is 9.06. The first-order chi connectivity index (χ1) is 6.72. The molecule has 2 rings (SSSR count). The molecule has 0 amide bonds. The Morgan fingerprint density at radius 2 is 2.14 bits per heavy atom. The zero-order valence-electron chi connectivity index (χ0n) is 8.04. The van der Waals surface area contributed by atoms with Crippen molar-refractivity contribution in [1.29, 1.82) is 0 Å². The molecule has 0 saturated heterocycles. The van der Waals surface area contributed by atoms with Gasteiger partial charge in [-0.15, -0.1) is 0 Å². The molecule has 0 radical (unpaired) electrons. The highest BCUT2D eigenvalue weighted by Crippen LogP contribution is 2.32. The molecule has 1 aliphatic rings. The van der Waals surface area contributed by atoms with Crippen LogP contribution in [-0.4, -0.2) is 18.0 Å². The van der Waals surface area contributed by atoms with Gasteiger partial charge in [0, 0.05) is 12.0 Å². The number of ketones is 1. The average molecular weight is 192 g/mol. The Morgan fingerprint density at radius 1 is 1.36 bits per heavy atom. The Hall–Kier alpha value is -1.51. The SMILES string of the molecule is COc1cc2c(cc1O)C(=O)CCC2. The number of aryl methyl sites for hydroxylation is 1. The van der Waals surface area contributed by atoms with Crippen molar-refractivity contribution in [3.63, 3.8) is 0 Å². The maximum absolute atomic E-state index is 11.5. The Balaban J connectivity index is 2.54. The average Bonchev–Trinajstić information content (AvgIpc) is 2.19. The van der Waals surface area contributed by atoms with Crippen molar-refractivity contribution in [1.82, 2.24) is 0 Å². The molecule has 14 heavy (non-hydrogen) atoms. The molecule has 0 fully saturated rings. The lowest BCUT2D eigenvalue weighted by Gasteiger charge is -2.16. The second-order valence-electron chi connectivity index (χ2n) is 3.46. The number of carbonyl (C=O) groups is 1. The molecule has 1 aliphatic carbocycles. The van der Waals surface area contributed by atoms with Crippen LogP contribution in [0.1, 0.15) is 28.8 Å². The molecule has 0 spiro atoms. The van der Waals surface area contributed by atoms with Crippen LogP contribution in [0.25, 0.3) is 0 Å². The largest absolute Gasteiger partial charge is 0.504 e. The van der Waals surface area contributed by atoms with Crippen molar-refractivity contribution in [3.8, 4) is 11.5 Å². The van der Waals surface area contributed by atoms with Gasteiger partial charge in [-0.2, -0.15) is 0 Å². The highest BCUT2D eigenvalue weighted by atomic mass is 16.5. The normalized spacial score (nSPS) is 15.1. The Kier molecular flexibility index (Phi) is 2.15. The summed E-state index contributed by atoms with van der Waals surface area (Å²) in [6, 6.07) is 3.26. The lowest BCUT2D eigenvalue weighted by Crippen LogP contribution is -2.10. The molecule has 1 N–H and O–H groups in total. The van der Waals surface area contributed by atoms with E-state index in [0.717, 1.165) is 18.4 Å². The van der Waals surface area contributed by atoms with E-state index in [1.165, 1.54) is 13.2 Å². The molecule has 1 aromatic rings. The van der Waals surface area contributed by atoms with Crippen LogP contribution in [0.5, 0.6) is 11.5 Å². The molecule has 1 aromatic carbocycles. The molecule has 0 aliphatic heterocycles. The number of carbonyl (C=O) groups excluding carboxylic acids is 1. The quantitative estimate of drug-likeness (QED) is 0.739. The molecule has 0 unspecified atom stereocenters. The zero-order chi connectivity index (χ0) is 10.1. The van der Waals surface area contributed by atoms with Gasteiger partial charge in [-0.1, -0.05) is 0 Å². The van der Waals surface area contributed by atoms with Crippen molar-refractivity contribution in [2.75, 3.05) is 7.11 Å². The number of aromatic hydroxyl groups is 1. The van der Waals surface area contributed by atoms with Crippen molar-refractivity contribution in [2.45, 2.75) is 19.3 Å². The third-order valence-corrected chi connectivity index (χ3v) is 2.56. The number of phenols is 1. The van der Waals surface area contributed by atoms with Crippen molar-refractivity contribution in [3.05, 3.63) is 23.3 Å². The molecule has 0 atom stereocenters. The molecule has 0 saturated carbocycles. The molecule has 0 bridgehead atoms. The van der Waals surface area contributed by atoms with Crippen LogP contribution in [0, 0.1) is 0 Å². The van der Waals surface area contributed by atoms with Gasteiger partial charge in [0.15, 0.2) is 17.3 Å².